The summed E-state index contributed by atoms with van der Waals surface area (Å²) in [6, 6.07) is 9.87. The van der Waals surface area contributed by atoms with Crippen molar-refractivity contribution in [2.24, 2.45) is 5.92 Å². The van der Waals surface area contributed by atoms with Crippen LogP contribution in [-0.4, -0.2) is 31.1 Å². The largest absolute Gasteiger partial charge is 0.313 e. The van der Waals surface area contributed by atoms with Crippen molar-refractivity contribution in [3.63, 3.8) is 0 Å². The van der Waals surface area contributed by atoms with Gasteiger partial charge >= 0.3 is 0 Å². The van der Waals surface area contributed by atoms with Crippen molar-refractivity contribution in [1.29, 1.82) is 0 Å². The lowest BCUT2D eigenvalue weighted by Gasteiger charge is -2.29. The number of nitrogens with one attached hydrogen (secondary N) is 1. The zero-order valence-electron chi connectivity index (χ0n) is 13.5. The molecule has 0 aliphatic heterocycles. The van der Waals surface area contributed by atoms with Crippen LogP contribution in [0.15, 0.2) is 24.3 Å². The fourth-order valence-electron chi connectivity index (χ4n) is 2.92. The number of aryl methyl sites for hydroxylation is 1. The minimum Gasteiger partial charge on any atom is -0.313 e. The van der Waals surface area contributed by atoms with E-state index in [-0.39, 0.29) is 0 Å². The maximum Gasteiger partial charge on any atom is 0.0332 e. The van der Waals surface area contributed by atoms with Crippen LogP contribution in [0, 0.1) is 12.8 Å². The third-order valence-corrected chi connectivity index (χ3v) is 4.54. The summed E-state index contributed by atoms with van der Waals surface area (Å²) in [4.78, 5) is 2.65. The highest BCUT2D eigenvalue weighted by atomic mass is 15.2. The van der Waals surface area contributed by atoms with Crippen LogP contribution in [0.3, 0.4) is 0 Å². The van der Waals surface area contributed by atoms with Gasteiger partial charge in [-0.05, 0) is 64.1 Å². The smallest absolute Gasteiger partial charge is 0.0332 e. The molecule has 0 heterocycles. The number of benzene rings is 1. The average Bonchev–Trinajstić information content (AvgIpc) is 3.23. The van der Waals surface area contributed by atoms with E-state index in [1.54, 1.807) is 0 Å². The first kappa shape index (κ1) is 15.5. The second-order valence-corrected chi connectivity index (χ2v) is 6.52. The topological polar surface area (TPSA) is 15.3 Å². The Morgan fingerprint density at radius 2 is 1.95 bits per heavy atom. The zero-order valence-corrected chi connectivity index (χ0v) is 13.5. The molecule has 0 amide bonds. The summed E-state index contributed by atoms with van der Waals surface area (Å²) in [6.45, 7) is 9.34. The van der Waals surface area contributed by atoms with Crippen molar-refractivity contribution in [3.05, 3.63) is 35.4 Å². The van der Waals surface area contributed by atoms with E-state index in [4.69, 9.17) is 0 Å². The lowest BCUT2D eigenvalue weighted by atomic mass is 9.98. The van der Waals surface area contributed by atoms with E-state index in [1.165, 1.54) is 43.5 Å². The summed E-state index contributed by atoms with van der Waals surface area (Å²) in [5.74, 6) is 0.976. The third kappa shape index (κ3) is 4.32. The van der Waals surface area contributed by atoms with Crippen molar-refractivity contribution in [1.82, 2.24) is 10.2 Å². The summed E-state index contributed by atoms with van der Waals surface area (Å²) in [5, 5.41) is 3.50. The summed E-state index contributed by atoms with van der Waals surface area (Å²) in [6.07, 6.45) is 4.07. The highest BCUT2D eigenvalue weighted by Crippen LogP contribution is 2.30. The Morgan fingerprint density at radius 3 is 2.50 bits per heavy atom. The van der Waals surface area contributed by atoms with Gasteiger partial charge in [-0.15, -0.1) is 0 Å². The molecule has 2 rings (SSSR count). The molecule has 1 unspecified atom stereocenters. The molecular weight excluding hydrogens is 244 g/mol. The van der Waals surface area contributed by atoms with Gasteiger partial charge in [-0.25, -0.2) is 0 Å². The van der Waals surface area contributed by atoms with E-state index in [0.29, 0.717) is 12.1 Å². The van der Waals surface area contributed by atoms with Crippen LogP contribution in [0.1, 0.15) is 50.3 Å². The van der Waals surface area contributed by atoms with Gasteiger partial charge < -0.3 is 10.2 Å². The fourth-order valence-corrected chi connectivity index (χ4v) is 2.92. The second-order valence-electron chi connectivity index (χ2n) is 6.52. The molecule has 1 aliphatic rings. The molecule has 2 nitrogen and oxygen atoms in total. The molecule has 1 N–H and O–H groups in total. The Kier molecular flexibility index (Phi) is 5.62. The van der Waals surface area contributed by atoms with Gasteiger partial charge in [0.1, 0.15) is 0 Å². The molecule has 20 heavy (non-hydrogen) atoms. The van der Waals surface area contributed by atoms with Crippen LogP contribution in [0.25, 0.3) is 0 Å². The second kappa shape index (κ2) is 7.24. The van der Waals surface area contributed by atoms with Crippen LogP contribution in [0.5, 0.6) is 0 Å². The monoisotopic (exact) mass is 274 g/mol. The average molecular weight is 274 g/mol. The van der Waals surface area contributed by atoms with Crippen molar-refractivity contribution in [2.75, 3.05) is 20.1 Å². The van der Waals surface area contributed by atoms with E-state index < -0.39 is 0 Å². The molecule has 0 spiro atoms. The Bertz CT molecular complexity index is 410. The first-order valence-corrected chi connectivity index (χ1v) is 8.08. The van der Waals surface area contributed by atoms with Gasteiger partial charge in [-0.1, -0.05) is 24.3 Å². The number of hydrogen-bond donors (Lipinski definition) is 1. The predicted molar refractivity (Wildman–Crippen MR) is 87.0 cm³/mol. The molecule has 1 saturated carbocycles. The van der Waals surface area contributed by atoms with Gasteiger partial charge in [0, 0.05) is 25.2 Å². The summed E-state index contributed by atoms with van der Waals surface area (Å²) >= 11 is 0. The molecule has 112 valence electrons. The Morgan fingerprint density at radius 1 is 1.25 bits per heavy atom. The van der Waals surface area contributed by atoms with E-state index in [0.717, 1.165) is 5.92 Å². The van der Waals surface area contributed by atoms with Gasteiger partial charge in [0.05, 0.1) is 0 Å². The molecule has 0 saturated heterocycles. The molecular formula is C18H30N2. The Hall–Kier alpha value is -0.860. The normalized spacial score (nSPS) is 16.9. The van der Waals surface area contributed by atoms with Gasteiger partial charge in [0.2, 0.25) is 0 Å². The standard InChI is InChI=1S/C18H30N2/c1-14(2)20(13-16-9-10-16)12-11-18(19-4)17-8-6-5-7-15(17)3/h5-8,14,16,18-19H,9-13H2,1-4H3. The minimum absolute atomic E-state index is 0.469. The summed E-state index contributed by atoms with van der Waals surface area (Å²) < 4.78 is 0. The molecule has 0 aromatic heterocycles. The van der Waals surface area contributed by atoms with Crippen molar-refractivity contribution >= 4 is 0 Å². The fraction of sp³-hybridized carbons (Fsp3) is 0.667. The van der Waals surface area contributed by atoms with Crippen LogP contribution >= 0.6 is 0 Å². The molecule has 0 radical (unpaired) electrons. The van der Waals surface area contributed by atoms with Gasteiger partial charge in [-0.2, -0.15) is 0 Å². The first-order valence-electron chi connectivity index (χ1n) is 8.08. The molecule has 0 bridgehead atoms. The van der Waals surface area contributed by atoms with Crippen LogP contribution in [-0.2, 0) is 0 Å². The predicted octanol–water partition coefficient (Wildman–Crippen LogP) is 3.77. The SMILES string of the molecule is CNC(CCN(CC1CC1)C(C)C)c1ccccc1C. The summed E-state index contributed by atoms with van der Waals surface area (Å²) in [5.41, 5.74) is 2.84. The lowest BCUT2D eigenvalue weighted by molar-refractivity contribution is 0.202. The zero-order chi connectivity index (χ0) is 14.5. The molecule has 1 fully saturated rings. The number of hydrogen-bond acceptors (Lipinski definition) is 2. The van der Waals surface area contributed by atoms with E-state index in [1.807, 2.05) is 0 Å². The van der Waals surface area contributed by atoms with Crippen molar-refractivity contribution in [3.8, 4) is 0 Å². The minimum atomic E-state index is 0.469. The maximum absolute atomic E-state index is 3.50. The van der Waals surface area contributed by atoms with Gasteiger partial charge in [-0.3, -0.25) is 0 Å². The van der Waals surface area contributed by atoms with Crippen molar-refractivity contribution < 1.29 is 0 Å². The van der Waals surface area contributed by atoms with Gasteiger partial charge in [0.15, 0.2) is 0 Å². The molecule has 1 aromatic carbocycles. The molecule has 1 atom stereocenters. The van der Waals surface area contributed by atoms with E-state index in [9.17, 15) is 0 Å². The molecule has 1 aliphatic carbocycles. The Labute approximate surface area is 124 Å². The van der Waals surface area contributed by atoms with Crippen molar-refractivity contribution in [2.45, 2.75) is 52.1 Å². The molecule has 2 heteroatoms. The van der Waals surface area contributed by atoms with Crippen LogP contribution in [0.2, 0.25) is 0 Å². The highest BCUT2D eigenvalue weighted by Gasteiger charge is 2.25. The first-order chi connectivity index (χ1) is 9.61. The Balaban J connectivity index is 1.93. The maximum atomic E-state index is 3.50. The number of nitrogens with zero attached hydrogens (tertiary/aromatic N) is 1. The highest BCUT2D eigenvalue weighted by molar-refractivity contribution is 5.28. The van der Waals surface area contributed by atoms with Gasteiger partial charge in [0.25, 0.3) is 0 Å². The van der Waals surface area contributed by atoms with E-state index >= 15 is 0 Å². The lowest BCUT2D eigenvalue weighted by Crippen LogP contribution is -2.35. The number of rotatable bonds is 8. The molecule has 1 aromatic rings. The quantitative estimate of drug-likeness (QED) is 0.776. The van der Waals surface area contributed by atoms with Crippen LogP contribution in [0.4, 0.5) is 0 Å². The third-order valence-electron chi connectivity index (χ3n) is 4.54. The van der Waals surface area contributed by atoms with Crippen LogP contribution < -0.4 is 5.32 Å². The summed E-state index contributed by atoms with van der Waals surface area (Å²) in [7, 11) is 2.08. The van der Waals surface area contributed by atoms with E-state index in [2.05, 4.69) is 62.3 Å².